The van der Waals surface area contributed by atoms with Crippen LogP contribution in [0, 0.1) is 5.82 Å². The summed E-state index contributed by atoms with van der Waals surface area (Å²) < 4.78 is 12.3. The van der Waals surface area contributed by atoms with Gasteiger partial charge in [0.1, 0.15) is 5.82 Å². The van der Waals surface area contributed by atoms with Crippen LogP contribution in [-0.4, -0.2) is 0 Å². The average molecular weight is 127 g/mol. The first-order chi connectivity index (χ1) is 4.33. The van der Waals surface area contributed by atoms with Crippen LogP contribution in [0.4, 0.5) is 4.39 Å². The molecule has 0 amide bonds. The van der Waals surface area contributed by atoms with Gasteiger partial charge in [0.05, 0.1) is 0 Å². The molecular formula is C7H10FN. The summed E-state index contributed by atoms with van der Waals surface area (Å²) in [6.07, 6.45) is 0. The highest BCUT2D eigenvalue weighted by atomic mass is 19.1. The van der Waals surface area contributed by atoms with Crippen LogP contribution in [0.2, 0.25) is 0 Å². The van der Waals surface area contributed by atoms with Gasteiger partial charge in [0.15, 0.2) is 0 Å². The van der Waals surface area contributed by atoms with Gasteiger partial charge < -0.3 is 5.73 Å². The molecule has 0 fully saturated rings. The molecule has 2 heteroatoms. The van der Waals surface area contributed by atoms with Crippen molar-refractivity contribution in [2.24, 2.45) is 5.73 Å². The normalized spacial score (nSPS) is 9.56. The van der Waals surface area contributed by atoms with E-state index in [2.05, 4.69) is 0 Å². The Balaban J connectivity index is 0.000000810. The molecule has 0 aliphatic heterocycles. The predicted octanol–water partition coefficient (Wildman–Crippen LogP) is 1.53. The maximum Gasteiger partial charge on any atom is 0.123 e. The molecule has 0 saturated carbocycles. The van der Waals surface area contributed by atoms with E-state index in [9.17, 15) is 4.39 Å². The highest BCUT2D eigenvalue weighted by molar-refractivity contribution is 5.15. The summed E-state index contributed by atoms with van der Waals surface area (Å²) in [4.78, 5) is 0. The summed E-state index contributed by atoms with van der Waals surface area (Å²) >= 11 is 0. The highest BCUT2D eigenvalue weighted by Gasteiger charge is 1.89. The molecule has 0 unspecified atom stereocenters. The molecule has 0 spiro atoms. The van der Waals surface area contributed by atoms with E-state index < -0.39 is 0 Å². The van der Waals surface area contributed by atoms with E-state index >= 15 is 0 Å². The van der Waals surface area contributed by atoms with E-state index in [1.165, 1.54) is 12.1 Å². The highest BCUT2D eigenvalue weighted by Crippen LogP contribution is 2.00. The molecule has 0 radical (unpaired) electrons. The minimum absolute atomic E-state index is 0. The van der Waals surface area contributed by atoms with Crippen molar-refractivity contribution < 1.29 is 5.82 Å². The monoisotopic (exact) mass is 127 g/mol. The van der Waals surface area contributed by atoms with Crippen LogP contribution in [0.25, 0.3) is 0 Å². The standard InChI is InChI=1S/C7H8FN.H2/c8-7-3-1-2-6(4-7)5-9;/h1-4H,5,9H2;1H. The smallest absolute Gasteiger partial charge is 0.123 e. The fourth-order valence-corrected chi connectivity index (χ4v) is 0.664. The lowest BCUT2D eigenvalue weighted by molar-refractivity contribution is 0.625. The van der Waals surface area contributed by atoms with Gasteiger partial charge in [-0.2, -0.15) is 0 Å². The second kappa shape index (κ2) is 2.60. The van der Waals surface area contributed by atoms with Gasteiger partial charge in [-0.25, -0.2) is 4.39 Å². The van der Waals surface area contributed by atoms with Gasteiger partial charge in [0, 0.05) is 7.97 Å². The molecule has 9 heavy (non-hydrogen) atoms. The molecule has 0 aliphatic carbocycles. The zero-order chi connectivity index (χ0) is 6.69. The number of halogens is 1. The van der Waals surface area contributed by atoms with E-state index in [1.807, 2.05) is 0 Å². The Hall–Kier alpha value is -0.890. The lowest BCUT2D eigenvalue weighted by Gasteiger charge is -1.92. The molecule has 1 aromatic rings. The molecule has 1 nitrogen and oxygen atoms in total. The molecule has 50 valence electrons. The quantitative estimate of drug-likeness (QED) is 0.608. The molecule has 0 saturated heterocycles. The Morgan fingerprint density at radius 3 is 2.78 bits per heavy atom. The van der Waals surface area contributed by atoms with Crippen molar-refractivity contribution in [1.29, 1.82) is 0 Å². The molecule has 0 aromatic heterocycles. The maximum atomic E-state index is 12.3. The molecule has 1 rings (SSSR count). The zero-order valence-electron chi connectivity index (χ0n) is 4.97. The van der Waals surface area contributed by atoms with Crippen molar-refractivity contribution >= 4 is 0 Å². The van der Waals surface area contributed by atoms with Gasteiger partial charge in [-0.05, 0) is 17.7 Å². The van der Waals surface area contributed by atoms with Gasteiger partial charge in [0.25, 0.3) is 0 Å². The Labute approximate surface area is 54.8 Å². The topological polar surface area (TPSA) is 26.0 Å². The first kappa shape index (κ1) is 6.23. The third kappa shape index (κ3) is 1.50. The fraction of sp³-hybridized carbons (Fsp3) is 0.143. The molecular weight excluding hydrogens is 117 g/mol. The summed E-state index contributed by atoms with van der Waals surface area (Å²) in [5, 5.41) is 0. The lowest BCUT2D eigenvalue weighted by atomic mass is 10.2. The summed E-state index contributed by atoms with van der Waals surface area (Å²) in [5.74, 6) is -0.224. The van der Waals surface area contributed by atoms with Crippen molar-refractivity contribution in [3.05, 3.63) is 35.6 Å². The van der Waals surface area contributed by atoms with Crippen LogP contribution < -0.4 is 5.73 Å². The van der Waals surface area contributed by atoms with Gasteiger partial charge in [-0.3, -0.25) is 0 Å². The van der Waals surface area contributed by atoms with Gasteiger partial charge in [-0.1, -0.05) is 12.1 Å². The summed E-state index contributed by atoms with van der Waals surface area (Å²) in [5.41, 5.74) is 6.08. The number of nitrogens with two attached hydrogens (primary N) is 1. The maximum absolute atomic E-state index is 12.3. The Bertz CT molecular complexity index is 203. The van der Waals surface area contributed by atoms with Crippen molar-refractivity contribution in [2.75, 3.05) is 0 Å². The van der Waals surface area contributed by atoms with E-state index in [-0.39, 0.29) is 7.24 Å². The minimum Gasteiger partial charge on any atom is -0.326 e. The number of benzene rings is 1. The third-order valence-electron chi connectivity index (χ3n) is 1.12. The van der Waals surface area contributed by atoms with Crippen LogP contribution in [0.5, 0.6) is 0 Å². The van der Waals surface area contributed by atoms with Gasteiger partial charge in [0.2, 0.25) is 0 Å². The summed E-state index contributed by atoms with van der Waals surface area (Å²) in [7, 11) is 0. The van der Waals surface area contributed by atoms with Crippen LogP contribution >= 0.6 is 0 Å². The second-order valence-electron chi connectivity index (χ2n) is 1.83. The van der Waals surface area contributed by atoms with Crippen molar-refractivity contribution in [2.45, 2.75) is 6.54 Å². The van der Waals surface area contributed by atoms with Crippen molar-refractivity contribution in [3.63, 3.8) is 0 Å². The number of hydrogen-bond donors (Lipinski definition) is 1. The van der Waals surface area contributed by atoms with E-state index in [0.29, 0.717) is 6.54 Å². The molecule has 0 bridgehead atoms. The molecule has 0 heterocycles. The first-order valence-electron chi connectivity index (χ1n) is 2.77. The number of rotatable bonds is 1. The van der Waals surface area contributed by atoms with Crippen LogP contribution in [0.15, 0.2) is 24.3 Å². The zero-order valence-corrected chi connectivity index (χ0v) is 4.97. The minimum atomic E-state index is -0.224. The van der Waals surface area contributed by atoms with E-state index in [1.54, 1.807) is 12.1 Å². The Morgan fingerprint density at radius 1 is 1.56 bits per heavy atom. The van der Waals surface area contributed by atoms with Crippen LogP contribution in [0.3, 0.4) is 0 Å². The van der Waals surface area contributed by atoms with Gasteiger partial charge in [-0.15, -0.1) is 0 Å². The second-order valence-corrected chi connectivity index (χ2v) is 1.83. The van der Waals surface area contributed by atoms with Crippen LogP contribution in [-0.2, 0) is 6.54 Å². The number of hydrogen-bond acceptors (Lipinski definition) is 1. The lowest BCUT2D eigenvalue weighted by Crippen LogP contribution is -1.95. The molecule has 2 N–H and O–H groups in total. The Morgan fingerprint density at radius 2 is 2.33 bits per heavy atom. The summed E-state index contributed by atoms with van der Waals surface area (Å²) in [6.45, 7) is 0.401. The average Bonchev–Trinajstić information content (AvgIpc) is 1.88. The fourth-order valence-electron chi connectivity index (χ4n) is 0.664. The van der Waals surface area contributed by atoms with Crippen molar-refractivity contribution in [3.8, 4) is 0 Å². The predicted molar refractivity (Wildman–Crippen MR) is 36.4 cm³/mol. The molecule has 0 atom stereocenters. The largest absolute Gasteiger partial charge is 0.326 e. The van der Waals surface area contributed by atoms with Crippen molar-refractivity contribution in [1.82, 2.24) is 0 Å². The molecule has 1 aromatic carbocycles. The Kier molecular flexibility index (Phi) is 1.80. The first-order valence-corrected chi connectivity index (χ1v) is 2.77. The summed E-state index contributed by atoms with van der Waals surface area (Å²) in [6, 6.07) is 6.28. The SMILES string of the molecule is NCc1cccc(F)c1.[HH]. The van der Waals surface area contributed by atoms with E-state index in [0.717, 1.165) is 5.56 Å². The van der Waals surface area contributed by atoms with Crippen LogP contribution in [0.1, 0.15) is 6.99 Å². The molecule has 0 aliphatic rings. The third-order valence-corrected chi connectivity index (χ3v) is 1.12. The van der Waals surface area contributed by atoms with Gasteiger partial charge >= 0.3 is 0 Å². The van der Waals surface area contributed by atoms with E-state index in [4.69, 9.17) is 5.73 Å².